The normalized spacial score (nSPS) is 15.3. The van der Waals surface area contributed by atoms with Crippen LogP contribution in [0.1, 0.15) is 0 Å². The topological polar surface area (TPSA) is 24.1 Å². The quantitative estimate of drug-likeness (QED) is 0.444. The number of hydrogen-bond acceptors (Lipinski definition) is 2. The van der Waals surface area contributed by atoms with Gasteiger partial charge in [0.2, 0.25) is 7.55 Å². The predicted molar refractivity (Wildman–Crippen MR) is 75.2 cm³/mol. The van der Waals surface area contributed by atoms with Gasteiger partial charge in [0.15, 0.2) is 8.40 Å². The van der Waals surface area contributed by atoms with E-state index in [0.29, 0.717) is 5.50 Å². The van der Waals surface area contributed by atoms with Crippen molar-refractivity contribution >= 4 is 47.6 Å². The van der Waals surface area contributed by atoms with E-state index in [-0.39, 0.29) is 0 Å². The first-order valence-corrected chi connectivity index (χ1v) is 14.3. The number of halogens is 2. The number of hydrogen-bond donors (Lipinski definition) is 2. The highest BCUT2D eigenvalue weighted by Crippen LogP contribution is 2.07. The molecule has 0 fully saturated rings. The third-order valence-electron chi connectivity index (χ3n) is 1.61. The van der Waals surface area contributed by atoms with Gasteiger partial charge in [0.1, 0.15) is 8.96 Å². The summed E-state index contributed by atoms with van der Waals surface area (Å²) in [6, 6.07) is 0. The van der Waals surface area contributed by atoms with E-state index in [1.54, 1.807) is 0 Å². The molecule has 1 atom stereocenters. The summed E-state index contributed by atoms with van der Waals surface area (Å²) in [6.45, 7) is 12.4. The Labute approximate surface area is 101 Å². The third-order valence-corrected chi connectivity index (χ3v) is 13.6. The van der Waals surface area contributed by atoms with Crippen LogP contribution in [0, 0.1) is 0 Å². The maximum absolute atomic E-state index is 6.27. The molecule has 1 unspecified atom stereocenters. The Balaban J connectivity index is 4.25. The Morgan fingerprint density at radius 1 is 1.36 bits per heavy atom. The fourth-order valence-electron chi connectivity index (χ4n) is 1.40. The van der Waals surface area contributed by atoms with E-state index in [4.69, 9.17) is 22.7 Å². The molecular formula is C7H20Cl2N2Si3. The summed E-state index contributed by atoms with van der Waals surface area (Å²) >= 11 is 12.1. The lowest BCUT2D eigenvalue weighted by Crippen LogP contribution is -2.68. The fraction of sp³-hybridized carbons (Fsp3) is 0.714. The Morgan fingerprint density at radius 3 is 2.14 bits per heavy atom. The van der Waals surface area contributed by atoms with E-state index in [1.807, 2.05) is 5.70 Å². The number of nitrogens with one attached hydrogen (secondary N) is 2. The molecule has 14 heavy (non-hydrogen) atoms. The van der Waals surface area contributed by atoms with Crippen LogP contribution in [0.3, 0.4) is 0 Å². The van der Waals surface area contributed by atoms with Crippen molar-refractivity contribution in [3.05, 3.63) is 12.3 Å². The van der Waals surface area contributed by atoms with Gasteiger partial charge in [-0.3, -0.25) is 0 Å². The third kappa shape index (κ3) is 7.22. The van der Waals surface area contributed by atoms with E-state index in [1.165, 1.54) is 0 Å². The average molecular weight is 287 g/mol. The zero-order chi connectivity index (χ0) is 11.4. The molecule has 0 aromatic carbocycles. The van der Waals surface area contributed by atoms with Crippen LogP contribution in [0.2, 0.25) is 26.2 Å². The van der Waals surface area contributed by atoms with Crippen molar-refractivity contribution in [1.82, 2.24) is 9.30 Å². The summed E-state index contributed by atoms with van der Waals surface area (Å²) in [4.78, 5) is 0. The van der Waals surface area contributed by atoms with Crippen LogP contribution in [0.5, 0.6) is 0 Å². The maximum atomic E-state index is 6.27. The standard InChI is InChI=1S/C7H20Cl2N2Si3/c1-6-12(7-8)10-14(4,5)11-13(2,3)9/h6,10-12H,1,7H2,2-5H3. The van der Waals surface area contributed by atoms with Gasteiger partial charge in [-0.15, -0.1) is 29.3 Å². The van der Waals surface area contributed by atoms with Crippen LogP contribution in [-0.4, -0.2) is 30.4 Å². The van der Waals surface area contributed by atoms with Gasteiger partial charge in [-0.2, -0.15) is 0 Å². The van der Waals surface area contributed by atoms with Crippen molar-refractivity contribution in [3.63, 3.8) is 0 Å². The first-order chi connectivity index (χ1) is 6.20. The molecule has 0 bridgehead atoms. The molecule has 0 saturated carbocycles. The van der Waals surface area contributed by atoms with E-state index in [0.717, 1.165) is 0 Å². The highest BCUT2D eigenvalue weighted by Gasteiger charge is 2.31. The van der Waals surface area contributed by atoms with Gasteiger partial charge in [0.05, 0.1) is 0 Å². The number of rotatable bonds is 6. The molecule has 0 aliphatic carbocycles. The minimum absolute atomic E-state index is 0.686. The Kier molecular flexibility index (Phi) is 6.21. The molecule has 0 rings (SSSR count). The molecule has 0 radical (unpaired) electrons. The van der Waals surface area contributed by atoms with Gasteiger partial charge in [-0.25, -0.2) is 0 Å². The second-order valence-electron chi connectivity index (χ2n) is 4.36. The maximum Gasteiger partial charge on any atom is 0.215 e. The van der Waals surface area contributed by atoms with Crippen molar-refractivity contribution in [2.75, 3.05) is 5.50 Å². The van der Waals surface area contributed by atoms with E-state index >= 15 is 0 Å². The fourth-order valence-corrected chi connectivity index (χ4v) is 16.1. The second kappa shape index (κ2) is 5.83. The second-order valence-corrected chi connectivity index (χ2v) is 18.5. The predicted octanol–water partition coefficient (Wildman–Crippen LogP) is 2.04. The lowest BCUT2D eigenvalue weighted by Gasteiger charge is -2.33. The van der Waals surface area contributed by atoms with Crippen LogP contribution in [0.4, 0.5) is 0 Å². The van der Waals surface area contributed by atoms with Crippen molar-refractivity contribution in [2.45, 2.75) is 26.2 Å². The molecule has 2 N–H and O–H groups in total. The summed E-state index contributed by atoms with van der Waals surface area (Å²) in [5.74, 6) is 0. The average Bonchev–Trinajstić information content (AvgIpc) is 1.95. The van der Waals surface area contributed by atoms with Crippen LogP contribution in [0.15, 0.2) is 12.3 Å². The van der Waals surface area contributed by atoms with Crippen LogP contribution in [-0.2, 0) is 0 Å². The lowest BCUT2D eigenvalue weighted by molar-refractivity contribution is 1.22. The lowest BCUT2D eigenvalue weighted by atomic mass is 11.3. The molecule has 0 aliphatic rings. The summed E-state index contributed by atoms with van der Waals surface area (Å²) < 4.78 is 7.17. The van der Waals surface area contributed by atoms with Crippen molar-refractivity contribution in [3.8, 4) is 0 Å². The van der Waals surface area contributed by atoms with Gasteiger partial charge >= 0.3 is 0 Å². The molecule has 0 saturated heterocycles. The van der Waals surface area contributed by atoms with Gasteiger partial charge in [-0.1, -0.05) is 5.70 Å². The zero-order valence-corrected chi connectivity index (χ0v) is 14.0. The van der Waals surface area contributed by atoms with Crippen molar-refractivity contribution in [1.29, 1.82) is 0 Å². The Hall–Kier alpha value is 0.891. The summed E-state index contributed by atoms with van der Waals surface area (Å²) in [6.07, 6.45) is 0. The zero-order valence-electron chi connectivity index (χ0n) is 9.32. The highest BCUT2D eigenvalue weighted by atomic mass is 35.6. The molecule has 0 heterocycles. The number of alkyl halides is 1. The molecule has 84 valence electrons. The smallest absolute Gasteiger partial charge is 0.215 e. The summed E-state index contributed by atoms with van der Waals surface area (Å²) in [5.41, 5.74) is 2.66. The first kappa shape index (κ1) is 14.9. The largest absolute Gasteiger partial charge is 0.346 e. The minimum Gasteiger partial charge on any atom is -0.346 e. The molecule has 2 nitrogen and oxygen atoms in total. The SMILES string of the molecule is C=C[SiH](CCl)N[Si](C)(C)N[Si](C)(C)Cl. The Bertz CT molecular complexity index is 194. The van der Waals surface area contributed by atoms with Gasteiger partial charge < -0.3 is 9.30 Å². The highest BCUT2D eigenvalue weighted by molar-refractivity contribution is 7.21. The van der Waals surface area contributed by atoms with Crippen LogP contribution in [0.25, 0.3) is 0 Å². The Morgan fingerprint density at radius 2 is 1.86 bits per heavy atom. The van der Waals surface area contributed by atoms with E-state index in [9.17, 15) is 0 Å². The van der Waals surface area contributed by atoms with E-state index in [2.05, 4.69) is 42.1 Å². The molecular weight excluding hydrogens is 267 g/mol. The van der Waals surface area contributed by atoms with E-state index < -0.39 is 24.9 Å². The summed E-state index contributed by atoms with van der Waals surface area (Å²) in [5, 5.41) is 0. The molecule has 0 aromatic heterocycles. The van der Waals surface area contributed by atoms with Crippen LogP contribution >= 0.6 is 22.7 Å². The van der Waals surface area contributed by atoms with Gasteiger partial charge in [0, 0.05) is 5.50 Å². The molecule has 7 heteroatoms. The van der Waals surface area contributed by atoms with Gasteiger partial charge in [0.25, 0.3) is 0 Å². The van der Waals surface area contributed by atoms with Crippen molar-refractivity contribution in [2.24, 2.45) is 0 Å². The summed E-state index contributed by atoms with van der Waals surface area (Å²) in [7, 11) is -4.49. The molecule has 0 aromatic rings. The van der Waals surface area contributed by atoms with Crippen molar-refractivity contribution < 1.29 is 0 Å². The first-order valence-electron chi connectivity index (χ1n) is 4.64. The molecule has 0 amide bonds. The van der Waals surface area contributed by atoms with Gasteiger partial charge in [-0.05, 0) is 26.2 Å². The molecule has 0 spiro atoms. The van der Waals surface area contributed by atoms with Crippen LogP contribution < -0.4 is 9.30 Å². The minimum atomic E-state index is -1.72. The molecule has 0 aliphatic heterocycles. The monoisotopic (exact) mass is 286 g/mol.